The van der Waals surface area contributed by atoms with Crippen molar-refractivity contribution in [1.82, 2.24) is 14.8 Å². The first-order valence-electron chi connectivity index (χ1n) is 9.31. The third-order valence-corrected chi connectivity index (χ3v) is 4.91. The highest BCUT2D eigenvalue weighted by atomic mass is 19.1. The van der Waals surface area contributed by atoms with Crippen LogP contribution < -0.4 is 5.32 Å². The molecule has 0 saturated heterocycles. The van der Waals surface area contributed by atoms with Crippen LogP contribution in [0.15, 0.2) is 42.5 Å². The molecule has 4 rings (SSSR count). The molecule has 1 aliphatic heterocycles. The Hall–Kier alpha value is -3.62. The van der Waals surface area contributed by atoms with E-state index in [9.17, 15) is 19.3 Å². The first-order valence-corrected chi connectivity index (χ1v) is 9.31. The predicted octanol–water partition coefficient (Wildman–Crippen LogP) is 3.97. The molecule has 0 unspecified atom stereocenters. The average molecular weight is 395 g/mol. The lowest BCUT2D eigenvalue weighted by atomic mass is 10.1. The lowest BCUT2D eigenvalue weighted by Crippen LogP contribution is -2.12. The van der Waals surface area contributed by atoms with Crippen LogP contribution in [-0.2, 0) is 13.0 Å². The average Bonchev–Trinajstić information content (AvgIpc) is 2.97. The quantitative estimate of drug-likeness (QED) is 0.532. The molecule has 1 aromatic heterocycles. The molecule has 0 fully saturated rings. The summed E-state index contributed by atoms with van der Waals surface area (Å²) in [5, 5.41) is 21.8. The summed E-state index contributed by atoms with van der Waals surface area (Å²) < 4.78 is 16.5. The molecular formula is C20H18FN5O3. The SMILES string of the molecule is O=C(Nc1ccc(F)c(-c2nnc3n2CCCCC3)c1)c1ccc([N+](=O)[O-])cc1. The van der Waals surface area contributed by atoms with Gasteiger partial charge in [0.05, 0.1) is 10.5 Å². The van der Waals surface area contributed by atoms with Crippen LogP contribution >= 0.6 is 0 Å². The maximum atomic E-state index is 14.5. The summed E-state index contributed by atoms with van der Waals surface area (Å²) in [5.41, 5.74) is 0.832. The van der Waals surface area contributed by atoms with Crippen LogP contribution in [0.4, 0.5) is 15.8 Å². The summed E-state index contributed by atoms with van der Waals surface area (Å²) in [5.74, 6) is 0.401. The van der Waals surface area contributed by atoms with Crippen LogP contribution in [0.3, 0.4) is 0 Å². The van der Waals surface area contributed by atoms with Crippen LogP contribution in [0.2, 0.25) is 0 Å². The Labute approximate surface area is 165 Å². The Balaban J connectivity index is 1.60. The molecule has 1 aliphatic rings. The van der Waals surface area contributed by atoms with Crippen molar-refractivity contribution in [2.75, 3.05) is 5.32 Å². The highest BCUT2D eigenvalue weighted by Crippen LogP contribution is 2.27. The van der Waals surface area contributed by atoms with Gasteiger partial charge in [0.25, 0.3) is 11.6 Å². The fraction of sp³-hybridized carbons (Fsp3) is 0.250. The summed E-state index contributed by atoms with van der Waals surface area (Å²) in [6, 6.07) is 9.53. The van der Waals surface area contributed by atoms with E-state index in [1.54, 1.807) is 0 Å². The van der Waals surface area contributed by atoms with Gasteiger partial charge in [-0.2, -0.15) is 0 Å². The Morgan fingerprint density at radius 2 is 1.90 bits per heavy atom. The van der Waals surface area contributed by atoms with Crippen molar-refractivity contribution in [2.24, 2.45) is 0 Å². The number of nitro groups is 1. The van der Waals surface area contributed by atoms with Gasteiger partial charge in [0.15, 0.2) is 5.82 Å². The van der Waals surface area contributed by atoms with Gasteiger partial charge in [0, 0.05) is 36.3 Å². The van der Waals surface area contributed by atoms with Gasteiger partial charge in [-0.1, -0.05) is 6.42 Å². The topological polar surface area (TPSA) is 103 Å². The maximum absolute atomic E-state index is 14.5. The number of rotatable bonds is 4. The van der Waals surface area contributed by atoms with Gasteiger partial charge in [-0.3, -0.25) is 14.9 Å². The number of carbonyl (C=O) groups excluding carboxylic acids is 1. The normalized spacial score (nSPS) is 13.4. The van der Waals surface area contributed by atoms with Crippen molar-refractivity contribution in [3.05, 3.63) is 69.8 Å². The van der Waals surface area contributed by atoms with Crippen LogP contribution in [0.25, 0.3) is 11.4 Å². The number of nitrogens with one attached hydrogen (secondary N) is 1. The summed E-state index contributed by atoms with van der Waals surface area (Å²) in [7, 11) is 0. The number of nitro benzene ring substituents is 1. The van der Waals surface area contributed by atoms with Gasteiger partial charge in [0.2, 0.25) is 0 Å². The van der Waals surface area contributed by atoms with Gasteiger partial charge in [-0.25, -0.2) is 4.39 Å². The van der Waals surface area contributed by atoms with Crippen LogP contribution in [-0.4, -0.2) is 25.6 Å². The minimum Gasteiger partial charge on any atom is -0.322 e. The Kier molecular flexibility index (Phi) is 5.03. The van der Waals surface area contributed by atoms with E-state index in [1.807, 2.05) is 4.57 Å². The molecular weight excluding hydrogens is 377 g/mol. The molecule has 29 heavy (non-hydrogen) atoms. The number of hydrogen-bond donors (Lipinski definition) is 1. The van der Waals surface area contributed by atoms with Gasteiger partial charge in [0.1, 0.15) is 11.6 Å². The summed E-state index contributed by atoms with van der Waals surface area (Å²) >= 11 is 0. The molecule has 2 aromatic carbocycles. The van der Waals surface area contributed by atoms with E-state index in [4.69, 9.17) is 0 Å². The number of nitrogens with zero attached hydrogens (tertiary/aromatic N) is 4. The Bertz CT molecular complexity index is 1080. The van der Waals surface area contributed by atoms with Crippen LogP contribution in [0.5, 0.6) is 0 Å². The van der Waals surface area contributed by atoms with Gasteiger partial charge >= 0.3 is 0 Å². The zero-order valence-corrected chi connectivity index (χ0v) is 15.5. The van der Waals surface area contributed by atoms with Gasteiger partial charge in [-0.15, -0.1) is 10.2 Å². The Morgan fingerprint density at radius 3 is 2.66 bits per heavy atom. The van der Waals surface area contributed by atoms with E-state index in [2.05, 4.69) is 15.5 Å². The van der Waals surface area contributed by atoms with E-state index in [-0.39, 0.29) is 16.8 Å². The number of fused-ring (bicyclic) bond motifs is 1. The number of anilines is 1. The summed E-state index contributed by atoms with van der Waals surface area (Å²) in [6.07, 6.45) is 3.92. The standard InChI is InChI=1S/C20H18FN5O3/c21-17-10-7-14(22-20(27)13-5-8-15(9-6-13)26(28)29)12-16(17)19-24-23-18-4-2-1-3-11-25(18)19/h5-10,12H,1-4,11H2,(H,22,27). The maximum Gasteiger partial charge on any atom is 0.269 e. The third kappa shape index (κ3) is 3.84. The number of halogens is 1. The van der Waals surface area contributed by atoms with Crippen LogP contribution in [0, 0.1) is 15.9 Å². The summed E-state index contributed by atoms with van der Waals surface area (Å²) in [4.78, 5) is 22.7. The fourth-order valence-electron chi connectivity index (χ4n) is 3.40. The molecule has 0 atom stereocenters. The lowest BCUT2D eigenvalue weighted by molar-refractivity contribution is -0.384. The van der Waals surface area contributed by atoms with Crippen molar-refractivity contribution in [3.63, 3.8) is 0 Å². The van der Waals surface area contributed by atoms with E-state index >= 15 is 0 Å². The highest BCUT2D eigenvalue weighted by molar-refractivity contribution is 6.04. The fourth-order valence-corrected chi connectivity index (χ4v) is 3.40. The first kappa shape index (κ1) is 18.7. The molecule has 1 amide bonds. The van der Waals surface area contributed by atoms with E-state index in [0.717, 1.165) is 38.1 Å². The molecule has 9 heteroatoms. The van der Waals surface area contributed by atoms with Crippen molar-refractivity contribution in [2.45, 2.75) is 32.2 Å². The van der Waals surface area contributed by atoms with Crippen LogP contribution in [0.1, 0.15) is 35.4 Å². The van der Waals surface area contributed by atoms with Crippen molar-refractivity contribution < 1.29 is 14.1 Å². The molecule has 0 spiro atoms. The molecule has 8 nitrogen and oxygen atoms in total. The minimum absolute atomic E-state index is 0.0990. The molecule has 3 aromatic rings. The number of benzene rings is 2. The van der Waals surface area contributed by atoms with Crippen molar-refractivity contribution >= 4 is 17.3 Å². The molecule has 1 N–H and O–H groups in total. The minimum atomic E-state index is -0.532. The van der Waals surface area contributed by atoms with Crippen molar-refractivity contribution in [3.8, 4) is 11.4 Å². The van der Waals surface area contributed by atoms with E-state index < -0.39 is 16.6 Å². The number of non-ortho nitro benzene ring substituents is 1. The monoisotopic (exact) mass is 395 g/mol. The van der Waals surface area contributed by atoms with Gasteiger partial charge < -0.3 is 9.88 Å². The second kappa shape index (κ2) is 7.78. The Morgan fingerprint density at radius 1 is 1.10 bits per heavy atom. The number of amides is 1. The molecule has 0 saturated carbocycles. The number of hydrogen-bond acceptors (Lipinski definition) is 5. The van der Waals surface area contributed by atoms with Gasteiger partial charge in [-0.05, 0) is 43.2 Å². The van der Waals surface area contributed by atoms with E-state index in [0.29, 0.717) is 11.5 Å². The molecule has 0 aliphatic carbocycles. The molecule has 0 radical (unpaired) electrons. The predicted molar refractivity (Wildman–Crippen MR) is 104 cm³/mol. The molecule has 0 bridgehead atoms. The number of aromatic nitrogens is 3. The first-order chi connectivity index (χ1) is 14.0. The molecule has 148 valence electrons. The zero-order valence-electron chi connectivity index (χ0n) is 15.5. The second-order valence-corrected chi connectivity index (χ2v) is 6.85. The lowest BCUT2D eigenvalue weighted by Gasteiger charge is -2.10. The highest BCUT2D eigenvalue weighted by Gasteiger charge is 2.19. The zero-order chi connectivity index (χ0) is 20.4. The van der Waals surface area contributed by atoms with Crippen molar-refractivity contribution in [1.29, 1.82) is 0 Å². The second-order valence-electron chi connectivity index (χ2n) is 6.85. The summed E-state index contributed by atoms with van der Waals surface area (Å²) in [6.45, 7) is 0.733. The number of carbonyl (C=O) groups is 1. The largest absolute Gasteiger partial charge is 0.322 e. The smallest absolute Gasteiger partial charge is 0.269 e. The number of aryl methyl sites for hydroxylation is 1. The van der Waals surface area contributed by atoms with E-state index in [1.165, 1.54) is 42.5 Å². The third-order valence-electron chi connectivity index (χ3n) is 4.91. The molecule has 2 heterocycles.